The van der Waals surface area contributed by atoms with Crippen LogP contribution in [-0.4, -0.2) is 28.8 Å². The highest BCUT2D eigenvalue weighted by Gasteiger charge is 2.35. The van der Waals surface area contributed by atoms with Crippen LogP contribution in [0.4, 0.5) is 5.69 Å². The van der Waals surface area contributed by atoms with Crippen LogP contribution in [-0.2, 0) is 4.79 Å². The fourth-order valence-corrected chi connectivity index (χ4v) is 2.20. The van der Waals surface area contributed by atoms with Gasteiger partial charge in [-0.15, -0.1) is 0 Å². The van der Waals surface area contributed by atoms with E-state index in [9.17, 15) is 9.59 Å². The minimum Gasteiger partial charge on any atom is -0.324 e. The molecule has 0 atom stereocenters. The number of halogens is 1. The van der Waals surface area contributed by atoms with Crippen molar-refractivity contribution in [2.24, 2.45) is 0 Å². The maximum atomic E-state index is 12.6. The Morgan fingerprint density at radius 1 is 1.37 bits per heavy atom. The molecule has 0 bridgehead atoms. The van der Waals surface area contributed by atoms with Gasteiger partial charge in [0.15, 0.2) is 0 Å². The molecule has 1 heterocycles. The van der Waals surface area contributed by atoms with Crippen LogP contribution in [0.3, 0.4) is 0 Å². The number of hydrogen-bond acceptors (Lipinski definition) is 2. The zero-order valence-electron chi connectivity index (χ0n) is 11.3. The molecule has 2 amide bonds. The predicted molar refractivity (Wildman–Crippen MR) is 75.5 cm³/mol. The highest BCUT2D eigenvalue weighted by molar-refractivity contribution is 6.31. The van der Waals surface area contributed by atoms with Crippen molar-refractivity contribution in [3.8, 4) is 0 Å². The Morgan fingerprint density at radius 2 is 2.05 bits per heavy atom. The number of carbonyl (C=O) groups is 2. The van der Waals surface area contributed by atoms with E-state index in [0.29, 0.717) is 16.3 Å². The molecule has 5 heteroatoms. The van der Waals surface area contributed by atoms with Gasteiger partial charge in [-0.25, -0.2) is 0 Å². The smallest absolute Gasteiger partial charge is 0.256 e. The number of rotatable bonds is 2. The number of benzene rings is 1. The van der Waals surface area contributed by atoms with Gasteiger partial charge in [0.05, 0.1) is 11.3 Å². The third kappa shape index (κ3) is 2.59. The van der Waals surface area contributed by atoms with Crippen molar-refractivity contribution < 1.29 is 9.59 Å². The predicted octanol–water partition coefficient (Wildman–Crippen LogP) is 2.92. The molecular formula is C14H17ClN2O2. The third-order valence-corrected chi connectivity index (χ3v) is 3.86. The van der Waals surface area contributed by atoms with Crippen molar-refractivity contribution in [2.45, 2.75) is 32.7 Å². The summed E-state index contributed by atoms with van der Waals surface area (Å²) >= 11 is 5.94. The van der Waals surface area contributed by atoms with Crippen LogP contribution in [0.2, 0.25) is 5.02 Å². The second-order valence-corrected chi connectivity index (χ2v) is 5.73. The molecule has 1 N–H and O–H groups in total. The van der Waals surface area contributed by atoms with Crippen molar-refractivity contribution in [3.63, 3.8) is 0 Å². The number of nitrogens with one attached hydrogen (secondary N) is 1. The first-order valence-corrected chi connectivity index (χ1v) is 6.64. The molecule has 1 aromatic carbocycles. The van der Waals surface area contributed by atoms with Crippen LogP contribution in [0.25, 0.3) is 0 Å². The summed E-state index contributed by atoms with van der Waals surface area (Å²) in [4.78, 5) is 26.1. The minimum atomic E-state index is -0.377. The normalized spacial score (nSPS) is 15.9. The Hall–Kier alpha value is -1.55. The van der Waals surface area contributed by atoms with Gasteiger partial charge in [-0.2, -0.15) is 0 Å². The van der Waals surface area contributed by atoms with Gasteiger partial charge in [0.25, 0.3) is 5.91 Å². The van der Waals surface area contributed by atoms with Gasteiger partial charge in [-0.3, -0.25) is 9.59 Å². The van der Waals surface area contributed by atoms with Crippen LogP contribution in [0.1, 0.15) is 37.6 Å². The molecule has 0 unspecified atom stereocenters. The SMILES string of the molecule is CCC(C)(C)N1CC(=O)Nc2ccc(Cl)cc2C1=O. The van der Waals surface area contributed by atoms with Crippen molar-refractivity contribution >= 4 is 29.1 Å². The van der Waals surface area contributed by atoms with Crippen LogP contribution in [0, 0.1) is 0 Å². The number of anilines is 1. The number of carbonyl (C=O) groups excluding carboxylic acids is 2. The first-order valence-electron chi connectivity index (χ1n) is 6.26. The monoisotopic (exact) mass is 280 g/mol. The van der Waals surface area contributed by atoms with E-state index in [1.54, 1.807) is 23.1 Å². The standard InChI is InChI=1S/C14H17ClN2O2/c1-4-14(2,3)17-8-12(18)16-11-6-5-9(15)7-10(11)13(17)19/h5-7H,4,8H2,1-3H3,(H,16,18). The molecule has 1 aliphatic heterocycles. The molecule has 0 aliphatic carbocycles. The molecule has 0 fully saturated rings. The Labute approximate surface area is 117 Å². The summed E-state index contributed by atoms with van der Waals surface area (Å²) in [5.41, 5.74) is 0.590. The van der Waals surface area contributed by atoms with Crippen molar-refractivity contribution in [1.29, 1.82) is 0 Å². The van der Waals surface area contributed by atoms with E-state index in [-0.39, 0.29) is 23.9 Å². The zero-order valence-corrected chi connectivity index (χ0v) is 12.0. The quantitative estimate of drug-likeness (QED) is 0.905. The van der Waals surface area contributed by atoms with Crippen LogP contribution in [0.15, 0.2) is 18.2 Å². The summed E-state index contributed by atoms with van der Waals surface area (Å²) in [7, 11) is 0. The second-order valence-electron chi connectivity index (χ2n) is 5.30. The van der Waals surface area contributed by atoms with E-state index in [2.05, 4.69) is 5.32 Å². The van der Waals surface area contributed by atoms with Crippen LogP contribution >= 0.6 is 11.6 Å². The lowest BCUT2D eigenvalue weighted by atomic mass is 9.98. The summed E-state index contributed by atoms with van der Waals surface area (Å²) in [5, 5.41) is 3.23. The average Bonchev–Trinajstić information content (AvgIpc) is 2.48. The molecule has 1 aromatic rings. The van der Waals surface area contributed by atoms with Gasteiger partial charge in [0.1, 0.15) is 6.54 Å². The molecule has 1 aliphatic rings. The first kappa shape index (κ1) is 13.9. The summed E-state index contributed by atoms with van der Waals surface area (Å²) in [6.45, 7) is 5.96. The third-order valence-electron chi connectivity index (χ3n) is 3.63. The van der Waals surface area contributed by atoms with Crippen LogP contribution < -0.4 is 5.32 Å². The van der Waals surface area contributed by atoms with Crippen molar-refractivity contribution in [2.75, 3.05) is 11.9 Å². The van der Waals surface area contributed by atoms with Crippen LogP contribution in [0.5, 0.6) is 0 Å². The molecule has 0 aromatic heterocycles. The molecule has 2 rings (SSSR count). The number of fused-ring (bicyclic) bond motifs is 1. The minimum absolute atomic E-state index is 0.0615. The highest BCUT2D eigenvalue weighted by Crippen LogP contribution is 2.29. The molecule has 0 saturated heterocycles. The fourth-order valence-electron chi connectivity index (χ4n) is 2.03. The van der Waals surface area contributed by atoms with E-state index in [4.69, 9.17) is 11.6 Å². The van der Waals surface area contributed by atoms with E-state index in [0.717, 1.165) is 6.42 Å². The Balaban J connectivity index is 2.52. The average molecular weight is 281 g/mol. The summed E-state index contributed by atoms with van der Waals surface area (Å²) in [5.74, 6) is -0.348. The molecule has 102 valence electrons. The van der Waals surface area contributed by atoms with Gasteiger partial charge in [0.2, 0.25) is 5.91 Å². The van der Waals surface area contributed by atoms with E-state index < -0.39 is 0 Å². The van der Waals surface area contributed by atoms with Gasteiger partial charge in [0, 0.05) is 10.6 Å². The molecule has 0 saturated carbocycles. The van der Waals surface area contributed by atoms with E-state index >= 15 is 0 Å². The Morgan fingerprint density at radius 3 is 2.68 bits per heavy atom. The molecular weight excluding hydrogens is 264 g/mol. The maximum absolute atomic E-state index is 12.6. The molecule has 0 radical (unpaired) electrons. The number of nitrogens with zero attached hydrogens (tertiary/aromatic N) is 1. The van der Waals surface area contributed by atoms with Gasteiger partial charge >= 0.3 is 0 Å². The molecule has 4 nitrogen and oxygen atoms in total. The van der Waals surface area contributed by atoms with E-state index in [1.165, 1.54) is 0 Å². The van der Waals surface area contributed by atoms with Gasteiger partial charge in [-0.05, 0) is 38.5 Å². The summed E-state index contributed by atoms with van der Waals surface area (Å²) in [6, 6.07) is 4.92. The number of amides is 2. The largest absolute Gasteiger partial charge is 0.324 e. The summed E-state index contributed by atoms with van der Waals surface area (Å²) in [6.07, 6.45) is 0.766. The van der Waals surface area contributed by atoms with Gasteiger partial charge < -0.3 is 10.2 Å². The lowest BCUT2D eigenvalue weighted by Crippen LogP contribution is -2.49. The molecule has 19 heavy (non-hydrogen) atoms. The molecule has 0 spiro atoms. The lowest BCUT2D eigenvalue weighted by molar-refractivity contribution is -0.117. The fraction of sp³-hybridized carbons (Fsp3) is 0.429. The summed E-state index contributed by atoms with van der Waals surface area (Å²) < 4.78 is 0. The number of hydrogen-bond donors (Lipinski definition) is 1. The highest BCUT2D eigenvalue weighted by atomic mass is 35.5. The Kier molecular flexibility index (Phi) is 3.54. The maximum Gasteiger partial charge on any atom is 0.256 e. The first-order chi connectivity index (χ1) is 8.85. The Bertz CT molecular complexity index is 540. The van der Waals surface area contributed by atoms with Gasteiger partial charge in [-0.1, -0.05) is 18.5 Å². The topological polar surface area (TPSA) is 49.4 Å². The van der Waals surface area contributed by atoms with Crippen molar-refractivity contribution in [3.05, 3.63) is 28.8 Å². The zero-order chi connectivity index (χ0) is 14.2. The van der Waals surface area contributed by atoms with Crippen molar-refractivity contribution in [1.82, 2.24) is 4.90 Å². The van der Waals surface area contributed by atoms with E-state index in [1.807, 2.05) is 20.8 Å². The lowest BCUT2D eigenvalue weighted by Gasteiger charge is -2.36. The second kappa shape index (κ2) is 4.85.